The van der Waals surface area contributed by atoms with Crippen LogP contribution in [0.4, 0.5) is 0 Å². The fraction of sp³-hybridized carbons (Fsp3) is 0.281. The minimum Gasteiger partial charge on any atom is -0.478 e. The molecule has 6 rings (SSSR count). The van der Waals surface area contributed by atoms with E-state index in [0.29, 0.717) is 24.2 Å². The first-order valence-electron chi connectivity index (χ1n) is 13.4. The Hall–Kier alpha value is -3.90. The smallest absolute Gasteiger partial charge is 0.336 e. The standard InChI is InChI=1S/C32H31N3O4S/c1-40(38,39)35-21-32(22-35)14-17-34(18-15-32)20-24-7-5-23(6-8-24)9-10-26-3-2-4-28(31(36)37)30(26)27-12-11-25-13-16-33-29(25)19-27/h2-8,11-13,16,19,33H,14-15,17-18,20-22H2,1H3,(H,36,37). The molecule has 204 valence electrons. The molecule has 0 unspecified atom stereocenters. The van der Waals surface area contributed by atoms with Gasteiger partial charge in [0.2, 0.25) is 10.0 Å². The van der Waals surface area contributed by atoms with Crippen molar-refractivity contribution in [1.82, 2.24) is 14.2 Å². The lowest BCUT2D eigenvalue weighted by Crippen LogP contribution is -2.61. The third-order valence-electron chi connectivity index (χ3n) is 8.25. The van der Waals surface area contributed by atoms with Gasteiger partial charge in [0.25, 0.3) is 0 Å². The van der Waals surface area contributed by atoms with Crippen LogP contribution < -0.4 is 0 Å². The SMILES string of the molecule is CS(=O)(=O)N1CC2(CCN(Cc3ccc(C#Cc4cccc(C(=O)O)c4-c4ccc5cc[nH]c5c4)cc3)CC2)C1. The van der Waals surface area contributed by atoms with Crippen molar-refractivity contribution in [2.24, 2.45) is 5.41 Å². The van der Waals surface area contributed by atoms with Gasteiger partial charge in [-0.25, -0.2) is 17.5 Å². The third kappa shape index (κ3) is 5.28. The maximum absolute atomic E-state index is 12.1. The van der Waals surface area contributed by atoms with Crippen LogP contribution in [0, 0.1) is 17.3 Å². The highest BCUT2D eigenvalue weighted by atomic mass is 32.2. The van der Waals surface area contributed by atoms with E-state index in [4.69, 9.17) is 0 Å². The molecular weight excluding hydrogens is 522 g/mol. The summed E-state index contributed by atoms with van der Waals surface area (Å²) in [4.78, 5) is 17.7. The van der Waals surface area contributed by atoms with Crippen LogP contribution in [-0.4, -0.2) is 66.1 Å². The molecule has 0 aliphatic carbocycles. The van der Waals surface area contributed by atoms with Crippen molar-refractivity contribution in [2.45, 2.75) is 19.4 Å². The topological polar surface area (TPSA) is 93.7 Å². The monoisotopic (exact) mass is 553 g/mol. The lowest BCUT2D eigenvalue weighted by Gasteiger charge is -2.52. The molecule has 4 aromatic rings. The quantitative estimate of drug-likeness (QED) is 0.347. The van der Waals surface area contributed by atoms with Crippen LogP contribution in [-0.2, 0) is 16.6 Å². The van der Waals surface area contributed by atoms with Crippen LogP contribution in [0.3, 0.4) is 0 Å². The Balaban J connectivity index is 1.15. The van der Waals surface area contributed by atoms with E-state index in [1.54, 1.807) is 16.4 Å². The molecule has 8 heteroatoms. The molecule has 2 saturated heterocycles. The molecule has 40 heavy (non-hydrogen) atoms. The van der Waals surface area contributed by atoms with Gasteiger partial charge in [-0.05, 0) is 78.8 Å². The number of benzene rings is 3. The van der Waals surface area contributed by atoms with Crippen molar-refractivity contribution in [3.63, 3.8) is 0 Å². The van der Waals surface area contributed by atoms with Gasteiger partial charge in [0.15, 0.2) is 0 Å². The Morgan fingerprint density at radius 3 is 2.45 bits per heavy atom. The molecule has 3 heterocycles. The van der Waals surface area contributed by atoms with E-state index in [-0.39, 0.29) is 11.0 Å². The van der Waals surface area contributed by atoms with Crippen molar-refractivity contribution in [1.29, 1.82) is 0 Å². The minimum atomic E-state index is -3.08. The molecule has 0 saturated carbocycles. The summed E-state index contributed by atoms with van der Waals surface area (Å²) in [7, 11) is -3.08. The number of hydrogen-bond acceptors (Lipinski definition) is 4. The van der Waals surface area contributed by atoms with Crippen molar-refractivity contribution in [3.8, 4) is 23.0 Å². The zero-order valence-corrected chi connectivity index (χ0v) is 23.2. The number of hydrogen-bond donors (Lipinski definition) is 2. The van der Waals surface area contributed by atoms with E-state index in [2.05, 4.69) is 33.9 Å². The van der Waals surface area contributed by atoms with E-state index in [9.17, 15) is 18.3 Å². The Kier molecular flexibility index (Phi) is 6.75. The summed E-state index contributed by atoms with van der Waals surface area (Å²) in [5.41, 5.74) is 5.49. The number of carbonyl (C=O) groups is 1. The van der Waals surface area contributed by atoms with Gasteiger partial charge in [-0.1, -0.05) is 42.2 Å². The Bertz CT molecular complexity index is 1750. The fourth-order valence-corrected chi connectivity index (χ4v) is 6.90. The summed E-state index contributed by atoms with van der Waals surface area (Å²) in [6.45, 7) is 4.10. The van der Waals surface area contributed by atoms with Gasteiger partial charge < -0.3 is 10.1 Å². The lowest BCUT2D eigenvalue weighted by molar-refractivity contribution is -0.00102. The summed E-state index contributed by atoms with van der Waals surface area (Å²) in [5.74, 6) is 5.46. The molecule has 3 aromatic carbocycles. The van der Waals surface area contributed by atoms with Crippen molar-refractivity contribution < 1.29 is 18.3 Å². The van der Waals surface area contributed by atoms with Crippen LogP contribution >= 0.6 is 0 Å². The minimum absolute atomic E-state index is 0.156. The first-order chi connectivity index (χ1) is 19.2. The van der Waals surface area contributed by atoms with E-state index in [0.717, 1.165) is 54.5 Å². The molecule has 1 aromatic heterocycles. The number of nitrogens with one attached hydrogen (secondary N) is 1. The first kappa shape index (κ1) is 26.3. The van der Waals surface area contributed by atoms with Gasteiger partial charge in [-0.2, -0.15) is 0 Å². The second-order valence-corrected chi connectivity index (χ2v) is 13.0. The van der Waals surface area contributed by atoms with Crippen LogP contribution in [0.15, 0.2) is 72.9 Å². The molecule has 7 nitrogen and oxygen atoms in total. The number of rotatable bonds is 5. The fourth-order valence-electron chi connectivity index (χ4n) is 5.88. The largest absolute Gasteiger partial charge is 0.478 e. The zero-order valence-electron chi connectivity index (χ0n) is 22.4. The average Bonchev–Trinajstić information content (AvgIpc) is 3.39. The number of likely N-dealkylation sites (tertiary alicyclic amines) is 1. The zero-order chi connectivity index (χ0) is 27.9. The van der Waals surface area contributed by atoms with E-state index >= 15 is 0 Å². The predicted octanol–water partition coefficient (Wildman–Crippen LogP) is 4.79. The van der Waals surface area contributed by atoms with Gasteiger partial charge in [-0.15, -0.1) is 0 Å². The second kappa shape index (κ2) is 10.3. The highest BCUT2D eigenvalue weighted by molar-refractivity contribution is 7.88. The first-order valence-corrected chi connectivity index (χ1v) is 15.3. The maximum Gasteiger partial charge on any atom is 0.336 e. The van der Waals surface area contributed by atoms with Crippen LogP contribution in [0.5, 0.6) is 0 Å². The second-order valence-electron chi connectivity index (χ2n) is 11.1. The van der Waals surface area contributed by atoms with E-state index in [1.165, 1.54) is 11.8 Å². The summed E-state index contributed by atoms with van der Waals surface area (Å²) in [6.07, 6.45) is 5.21. The van der Waals surface area contributed by atoms with Crippen molar-refractivity contribution in [3.05, 3.63) is 95.2 Å². The van der Waals surface area contributed by atoms with Crippen molar-refractivity contribution >= 4 is 26.9 Å². The summed E-state index contributed by atoms with van der Waals surface area (Å²) < 4.78 is 25.1. The highest BCUT2D eigenvalue weighted by Crippen LogP contribution is 2.41. The number of piperidine rings is 1. The predicted molar refractivity (Wildman–Crippen MR) is 156 cm³/mol. The number of aromatic amines is 1. The van der Waals surface area contributed by atoms with Gasteiger partial charge in [0.1, 0.15) is 0 Å². The molecule has 0 amide bonds. The molecular formula is C32H31N3O4S. The molecule has 2 fully saturated rings. The number of H-pyrrole nitrogens is 1. The van der Waals surface area contributed by atoms with Gasteiger partial charge in [0.05, 0.1) is 11.8 Å². The highest BCUT2D eigenvalue weighted by Gasteiger charge is 2.47. The van der Waals surface area contributed by atoms with Gasteiger partial charge >= 0.3 is 5.97 Å². The van der Waals surface area contributed by atoms with Gasteiger partial charge in [0, 0.05) is 53.5 Å². The Labute approximate surface area is 234 Å². The molecule has 1 spiro atoms. The number of aromatic carboxylic acids is 1. The average molecular weight is 554 g/mol. The summed E-state index contributed by atoms with van der Waals surface area (Å²) in [5, 5.41) is 10.9. The lowest BCUT2D eigenvalue weighted by atomic mass is 9.73. The van der Waals surface area contributed by atoms with Crippen LogP contribution in [0.2, 0.25) is 0 Å². The maximum atomic E-state index is 12.1. The molecule has 0 radical (unpaired) electrons. The van der Waals surface area contributed by atoms with E-state index in [1.807, 2.05) is 48.7 Å². The summed E-state index contributed by atoms with van der Waals surface area (Å²) >= 11 is 0. The molecule has 2 aliphatic heterocycles. The number of carboxylic acid groups (broad SMARTS) is 1. The number of nitrogens with zero attached hydrogens (tertiary/aromatic N) is 2. The normalized spacial score (nSPS) is 17.3. The summed E-state index contributed by atoms with van der Waals surface area (Å²) in [6, 6.07) is 21.3. The molecule has 2 N–H and O–H groups in total. The van der Waals surface area contributed by atoms with Crippen molar-refractivity contribution in [2.75, 3.05) is 32.4 Å². The number of aromatic nitrogens is 1. The molecule has 0 bridgehead atoms. The number of sulfonamides is 1. The van der Waals surface area contributed by atoms with Crippen LogP contribution in [0.25, 0.3) is 22.0 Å². The number of fused-ring (bicyclic) bond motifs is 1. The van der Waals surface area contributed by atoms with Gasteiger partial charge in [-0.3, -0.25) is 4.90 Å². The molecule has 2 aliphatic rings. The Morgan fingerprint density at radius 1 is 1.00 bits per heavy atom. The molecule has 0 atom stereocenters. The Morgan fingerprint density at radius 2 is 1.75 bits per heavy atom. The third-order valence-corrected chi connectivity index (χ3v) is 9.45. The number of carboxylic acids is 1. The van der Waals surface area contributed by atoms with E-state index < -0.39 is 16.0 Å². The van der Waals surface area contributed by atoms with Crippen LogP contribution in [0.1, 0.15) is 39.9 Å².